The van der Waals surface area contributed by atoms with E-state index in [1.807, 2.05) is 0 Å². The Labute approximate surface area is 83.3 Å². The lowest BCUT2D eigenvalue weighted by Gasteiger charge is -2.00. The summed E-state index contributed by atoms with van der Waals surface area (Å²) >= 11 is 16.3. The van der Waals surface area contributed by atoms with Crippen molar-refractivity contribution in [2.45, 2.75) is 0 Å². The fraction of sp³-hybridized carbons (Fsp3) is 0. The molecule has 0 saturated carbocycles. The van der Waals surface area contributed by atoms with E-state index in [0.717, 1.165) is 0 Å². The second kappa shape index (κ2) is 3.49. The summed E-state index contributed by atoms with van der Waals surface area (Å²) in [5.74, 6) is -0.859. The Morgan fingerprint density at radius 1 is 1.25 bits per heavy atom. The maximum absolute atomic E-state index is 12.9. The van der Waals surface area contributed by atoms with Crippen molar-refractivity contribution in [3.63, 3.8) is 0 Å². The smallest absolute Gasteiger partial charge is 0.163 e. The van der Waals surface area contributed by atoms with Crippen LogP contribution in [0, 0.1) is 17.1 Å². The summed E-state index contributed by atoms with van der Waals surface area (Å²) in [6.07, 6.45) is 0. The number of rotatable bonds is 0. The van der Waals surface area contributed by atoms with Crippen LogP contribution in [0.4, 0.5) is 4.39 Å². The van der Waals surface area contributed by atoms with Crippen molar-refractivity contribution in [2.24, 2.45) is 0 Å². The van der Waals surface area contributed by atoms with E-state index in [9.17, 15) is 4.39 Å². The van der Waals surface area contributed by atoms with E-state index in [1.165, 1.54) is 6.07 Å². The van der Waals surface area contributed by atoms with Crippen LogP contribution >= 0.6 is 34.8 Å². The van der Waals surface area contributed by atoms with Crippen LogP contribution in [0.2, 0.25) is 15.1 Å². The van der Waals surface area contributed by atoms with Crippen molar-refractivity contribution in [1.82, 2.24) is 0 Å². The Kier molecular flexibility index (Phi) is 2.79. The first-order valence-electron chi connectivity index (χ1n) is 2.81. The van der Waals surface area contributed by atoms with Crippen molar-refractivity contribution in [2.75, 3.05) is 0 Å². The molecule has 0 unspecified atom stereocenters. The van der Waals surface area contributed by atoms with Gasteiger partial charge in [-0.2, -0.15) is 5.26 Å². The number of benzene rings is 1. The van der Waals surface area contributed by atoms with E-state index >= 15 is 0 Å². The highest BCUT2D eigenvalue weighted by atomic mass is 35.5. The van der Waals surface area contributed by atoms with Crippen LogP contribution in [0.25, 0.3) is 0 Å². The van der Waals surface area contributed by atoms with Gasteiger partial charge in [-0.3, -0.25) is 0 Å². The number of nitriles is 1. The van der Waals surface area contributed by atoms with Crippen molar-refractivity contribution >= 4 is 34.8 Å². The Morgan fingerprint density at radius 2 is 1.83 bits per heavy atom. The van der Waals surface area contributed by atoms with E-state index in [0.29, 0.717) is 0 Å². The first kappa shape index (κ1) is 9.60. The fourth-order valence-electron chi connectivity index (χ4n) is 0.654. The van der Waals surface area contributed by atoms with Crippen molar-refractivity contribution in [3.8, 4) is 6.07 Å². The molecular weight excluding hydrogens is 223 g/mol. The zero-order chi connectivity index (χ0) is 9.30. The molecule has 0 N–H and O–H groups in total. The molecule has 0 aliphatic heterocycles. The molecular formula is C7HCl3FN. The molecule has 5 heteroatoms. The van der Waals surface area contributed by atoms with Gasteiger partial charge in [-0.1, -0.05) is 34.8 Å². The van der Waals surface area contributed by atoms with E-state index in [-0.39, 0.29) is 20.6 Å². The Bertz CT molecular complexity index is 370. The van der Waals surface area contributed by atoms with E-state index in [4.69, 9.17) is 40.1 Å². The van der Waals surface area contributed by atoms with Gasteiger partial charge < -0.3 is 0 Å². The molecule has 0 aromatic heterocycles. The third-order valence-electron chi connectivity index (χ3n) is 1.22. The first-order chi connectivity index (χ1) is 5.57. The molecule has 0 fully saturated rings. The SMILES string of the molecule is N#Cc1cc(Cl)c(Cl)c(F)c1Cl. The maximum Gasteiger partial charge on any atom is 0.163 e. The summed E-state index contributed by atoms with van der Waals surface area (Å²) < 4.78 is 12.9. The van der Waals surface area contributed by atoms with Gasteiger partial charge in [0.25, 0.3) is 0 Å². The molecule has 1 aromatic carbocycles. The largest absolute Gasteiger partial charge is 0.204 e. The van der Waals surface area contributed by atoms with Gasteiger partial charge in [0.2, 0.25) is 0 Å². The minimum Gasteiger partial charge on any atom is -0.204 e. The van der Waals surface area contributed by atoms with Gasteiger partial charge in [0, 0.05) is 0 Å². The van der Waals surface area contributed by atoms with E-state index in [1.54, 1.807) is 6.07 Å². The van der Waals surface area contributed by atoms with Crippen molar-refractivity contribution < 1.29 is 4.39 Å². The molecule has 0 amide bonds. The fourth-order valence-corrected chi connectivity index (χ4v) is 1.24. The molecule has 0 heterocycles. The van der Waals surface area contributed by atoms with E-state index in [2.05, 4.69) is 0 Å². The summed E-state index contributed by atoms with van der Waals surface area (Å²) in [6, 6.07) is 2.91. The molecule has 0 spiro atoms. The summed E-state index contributed by atoms with van der Waals surface area (Å²) in [4.78, 5) is 0. The van der Waals surface area contributed by atoms with Crippen LogP contribution in [0.15, 0.2) is 6.07 Å². The lowest BCUT2D eigenvalue weighted by Crippen LogP contribution is -1.85. The van der Waals surface area contributed by atoms with Gasteiger partial charge in [0.1, 0.15) is 6.07 Å². The monoisotopic (exact) mass is 223 g/mol. The van der Waals surface area contributed by atoms with Crippen LogP contribution in [-0.2, 0) is 0 Å². The second-order valence-corrected chi connectivity index (χ2v) is 3.12. The highest BCUT2D eigenvalue weighted by Crippen LogP contribution is 2.32. The zero-order valence-electron chi connectivity index (χ0n) is 5.54. The predicted molar refractivity (Wildman–Crippen MR) is 46.1 cm³/mol. The van der Waals surface area contributed by atoms with Gasteiger partial charge in [0.15, 0.2) is 5.82 Å². The van der Waals surface area contributed by atoms with Gasteiger partial charge in [0.05, 0.1) is 20.6 Å². The average molecular weight is 224 g/mol. The summed E-state index contributed by atoms with van der Waals surface area (Å²) in [6.45, 7) is 0. The number of nitrogens with zero attached hydrogens (tertiary/aromatic N) is 1. The standard InChI is InChI=1S/C7HCl3FN/c8-4-1-3(2-12)5(9)7(11)6(4)10/h1H. The summed E-state index contributed by atoms with van der Waals surface area (Å²) in [7, 11) is 0. The second-order valence-electron chi connectivity index (χ2n) is 1.96. The Morgan fingerprint density at radius 3 is 2.33 bits per heavy atom. The molecule has 1 rings (SSSR count). The predicted octanol–water partition coefficient (Wildman–Crippen LogP) is 3.66. The van der Waals surface area contributed by atoms with E-state index < -0.39 is 5.82 Å². The molecule has 0 aliphatic rings. The molecule has 0 bridgehead atoms. The molecule has 12 heavy (non-hydrogen) atoms. The van der Waals surface area contributed by atoms with Crippen LogP contribution in [0.5, 0.6) is 0 Å². The number of halogens is 4. The quantitative estimate of drug-likeness (QED) is 0.487. The number of hydrogen-bond acceptors (Lipinski definition) is 1. The molecule has 62 valence electrons. The normalized spacial score (nSPS) is 9.58. The van der Waals surface area contributed by atoms with Crippen molar-refractivity contribution in [3.05, 3.63) is 32.5 Å². The molecule has 0 saturated heterocycles. The van der Waals surface area contributed by atoms with Gasteiger partial charge >= 0.3 is 0 Å². The minimum absolute atomic E-state index is 0.0184. The molecule has 1 nitrogen and oxygen atoms in total. The van der Waals surface area contributed by atoms with Crippen LogP contribution in [0.3, 0.4) is 0 Å². The lowest BCUT2D eigenvalue weighted by molar-refractivity contribution is 0.628. The molecule has 0 atom stereocenters. The lowest BCUT2D eigenvalue weighted by atomic mass is 10.2. The van der Waals surface area contributed by atoms with Crippen LogP contribution < -0.4 is 0 Å². The Hall–Kier alpha value is -0.490. The van der Waals surface area contributed by atoms with Crippen molar-refractivity contribution in [1.29, 1.82) is 5.26 Å². The highest BCUT2D eigenvalue weighted by Gasteiger charge is 2.13. The maximum atomic E-state index is 12.9. The van der Waals surface area contributed by atoms with Gasteiger partial charge in [-0.25, -0.2) is 4.39 Å². The average Bonchev–Trinajstić information content (AvgIpc) is 2.08. The minimum atomic E-state index is -0.859. The topological polar surface area (TPSA) is 23.8 Å². The third-order valence-corrected chi connectivity index (χ3v) is 2.36. The highest BCUT2D eigenvalue weighted by molar-refractivity contribution is 6.43. The summed E-state index contributed by atoms with van der Waals surface area (Å²) in [5, 5.41) is 7.87. The molecule has 0 radical (unpaired) electrons. The Balaban J connectivity index is 3.52. The van der Waals surface area contributed by atoms with Crippen LogP contribution in [-0.4, -0.2) is 0 Å². The third kappa shape index (κ3) is 1.49. The molecule has 0 aliphatic carbocycles. The first-order valence-corrected chi connectivity index (χ1v) is 3.94. The number of hydrogen-bond donors (Lipinski definition) is 0. The van der Waals surface area contributed by atoms with Gasteiger partial charge in [-0.15, -0.1) is 0 Å². The van der Waals surface area contributed by atoms with Crippen LogP contribution in [0.1, 0.15) is 5.56 Å². The molecule has 1 aromatic rings. The zero-order valence-corrected chi connectivity index (χ0v) is 7.80. The van der Waals surface area contributed by atoms with Gasteiger partial charge in [-0.05, 0) is 6.07 Å². The summed E-state index contributed by atoms with van der Waals surface area (Å²) in [5.41, 5.74) is -0.0245.